The van der Waals surface area contributed by atoms with Crippen LogP contribution in [0.15, 0.2) is 53.6 Å². The van der Waals surface area contributed by atoms with Gasteiger partial charge in [0.25, 0.3) is 0 Å². The maximum Gasteiger partial charge on any atom is 0.230 e. The summed E-state index contributed by atoms with van der Waals surface area (Å²) in [6.45, 7) is 2.72. The summed E-state index contributed by atoms with van der Waals surface area (Å²) in [5, 5.41) is 2.94. The van der Waals surface area contributed by atoms with Crippen LogP contribution in [0.2, 0.25) is 0 Å². The van der Waals surface area contributed by atoms with E-state index in [4.69, 9.17) is 0 Å². The molecule has 1 fully saturated rings. The van der Waals surface area contributed by atoms with Crippen LogP contribution in [0.3, 0.4) is 0 Å². The molecule has 1 amide bonds. The van der Waals surface area contributed by atoms with Crippen molar-refractivity contribution in [2.75, 3.05) is 23.7 Å². The van der Waals surface area contributed by atoms with E-state index in [0.29, 0.717) is 12.3 Å². The lowest BCUT2D eigenvalue weighted by molar-refractivity contribution is -0.118. The number of pyridine rings is 1. The zero-order chi connectivity index (χ0) is 15.9. The molecule has 1 aromatic heterocycles. The van der Waals surface area contributed by atoms with Crippen molar-refractivity contribution in [2.24, 2.45) is 0 Å². The molecule has 1 N–H and O–H groups in total. The van der Waals surface area contributed by atoms with Gasteiger partial charge in [-0.25, -0.2) is 4.98 Å². The number of aromatic nitrogens is 1. The van der Waals surface area contributed by atoms with Crippen molar-refractivity contribution in [1.29, 1.82) is 0 Å². The Labute approximate surface area is 141 Å². The summed E-state index contributed by atoms with van der Waals surface area (Å²) in [5.41, 5.74) is 1.03. The monoisotopic (exact) mass is 327 g/mol. The zero-order valence-electron chi connectivity index (χ0n) is 13.1. The summed E-state index contributed by atoms with van der Waals surface area (Å²) in [6, 6.07) is 14.1. The number of nitrogens with one attached hydrogen (secondary N) is 1. The molecule has 0 aliphatic carbocycles. The largest absolute Gasteiger partial charge is 0.357 e. The summed E-state index contributed by atoms with van der Waals surface area (Å²) in [4.78, 5) is 19.8. The molecule has 5 heteroatoms. The number of carbonyl (C=O) groups is 1. The van der Waals surface area contributed by atoms with Gasteiger partial charge in [-0.15, -0.1) is 11.8 Å². The lowest BCUT2D eigenvalue weighted by Crippen LogP contribution is -2.24. The molecule has 0 atom stereocenters. The molecule has 2 heterocycles. The van der Waals surface area contributed by atoms with E-state index in [-0.39, 0.29) is 5.91 Å². The van der Waals surface area contributed by atoms with Crippen LogP contribution in [0.1, 0.15) is 18.4 Å². The van der Waals surface area contributed by atoms with Crippen LogP contribution in [0.4, 0.5) is 5.82 Å². The molecular formula is C18H21N3OS. The molecule has 0 saturated carbocycles. The smallest absolute Gasteiger partial charge is 0.230 e. The topological polar surface area (TPSA) is 45.2 Å². The van der Waals surface area contributed by atoms with Gasteiger partial charge in [-0.05, 0) is 36.6 Å². The van der Waals surface area contributed by atoms with Crippen molar-refractivity contribution in [3.63, 3.8) is 0 Å². The average Bonchev–Trinajstić information content (AvgIpc) is 3.14. The first-order valence-electron chi connectivity index (χ1n) is 7.96. The van der Waals surface area contributed by atoms with Gasteiger partial charge in [0.2, 0.25) is 5.91 Å². The first-order chi connectivity index (χ1) is 11.3. The fourth-order valence-corrected chi connectivity index (χ4v) is 3.32. The van der Waals surface area contributed by atoms with Gasteiger partial charge in [0, 0.05) is 30.7 Å². The molecule has 4 nitrogen and oxygen atoms in total. The fraction of sp³-hybridized carbons (Fsp3) is 0.333. The summed E-state index contributed by atoms with van der Waals surface area (Å²) in [5.74, 6) is 1.52. The summed E-state index contributed by atoms with van der Waals surface area (Å²) >= 11 is 1.55. The summed E-state index contributed by atoms with van der Waals surface area (Å²) in [6.07, 6.45) is 4.36. The minimum Gasteiger partial charge on any atom is -0.357 e. The van der Waals surface area contributed by atoms with E-state index in [1.807, 2.05) is 48.7 Å². The Kier molecular flexibility index (Phi) is 5.53. The first kappa shape index (κ1) is 15.9. The number of carbonyl (C=O) groups excluding carboxylic acids is 1. The third kappa shape index (κ3) is 4.73. The van der Waals surface area contributed by atoms with E-state index in [1.54, 1.807) is 11.8 Å². The number of thioether (sulfide) groups is 1. The minimum atomic E-state index is 0.0440. The first-order valence-corrected chi connectivity index (χ1v) is 8.94. The van der Waals surface area contributed by atoms with Crippen LogP contribution in [0, 0.1) is 0 Å². The third-order valence-corrected chi connectivity index (χ3v) is 4.85. The van der Waals surface area contributed by atoms with E-state index in [0.717, 1.165) is 29.4 Å². The standard InChI is InChI=1S/C18H21N3OS/c22-18(14-23-16-6-2-1-3-7-16)20-13-15-8-9-17(19-12-15)21-10-4-5-11-21/h1-3,6-9,12H,4-5,10-11,13-14H2,(H,20,22). The lowest BCUT2D eigenvalue weighted by atomic mass is 10.2. The molecule has 1 aliphatic rings. The number of hydrogen-bond donors (Lipinski definition) is 1. The van der Waals surface area contributed by atoms with Crippen LogP contribution >= 0.6 is 11.8 Å². The highest BCUT2D eigenvalue weighted by Gasteiger charge is 2.13. The van der Waals surface area contributed by atoms with Crippen molar-refractivity contribution in [3.8, 4) is 0 Å². The second-order valence-corrected chi connectivity index (χ2v) is 6.65. The van der Waals surface area contributed by atoms with Gasteiger partial charge in [0.15, 0.2) is 0 Å². The van der Waals surface area contributed by atoms with Crippen molar-refractivity contribution in [1.82, 2.24) is 10.3 Å². The minimum absolute atomic E-state index is 0.0440. The van der Waals surface area contributed by atoms with E-state index >= 15 is 0 Å². The zero-order valence-corrected chi connectivity index (χ0v) is 13.9. The molecule has 2 aromatic rings. The van der Waals surface area contributed by atoms with Gasteiger partial charge >= 0.3 is 0 Å². The lowest BCUT2D eigenvalue weighted by Gasteiger charge is -2.16. The van der Waals surface area contributed by atoms with E-state index in [2.05, 4.69) is 15.2 Å². The van der Waals surface area contributed by atoms with Crippen LogP contribution < -0.4 is 10.2 Å². The SMILES string of the molecule is O=C(CSc1ccccc1)NCc1ccc(N2CCCC2)nc1. The van der Waals surface area contributed by atoms with Crippen molar-refractivity contribution in [3.05, 3.63) is 54.2 Å². The van der Waals surface area contributed by atoms with Gasteiger partial charge in [-0.3, -0.25) is 4.79 Å². The maximum atomic E-state index is 11.9. The van der Waals surface area contributed by atoms with Gasteiger partial charge in [0.05, 0.1) is 5.75 Å². The number of nitrogens with zero attached hydrogens (tertiary/aromatic N) is 2. The molecule has 0 spiro atoms. The number of benzene rings is 1. The van der Waals surface area contributed by atoms with Crippen LogP contribution in [-0.4, -0.2) is 29.7 Å². The van der Waals surface area contributed by atoms with Gasteiger partial charge < -0.3 is 10.2 Å². The molecule has 1 aliphatic heterocycles. The Morgan fingerprint density at radius 3 is 2.61 bits per heavy atom. The number of rotatable bonds is 6. The van der Waals surface area contributed by atoms with Gasteiger partial charge in [0.1, 0.15) is 5.82 Å². The Hall–Kier alpha value is -2.01. The van der Waals surface area contributed by atoms with E-state index < -0.39 is 0 Å². The highest BCUT2D eigenvalue weighted by molar-refractivity contribution is 8.00. The number of hydrogen-bond acceptors (Lipinski definition) is 4. The fourth-order valence-electron chi connectivity index (χ4n) is 2.57. The van der Waals surface area contributed by atoms with Gasteiger partial charge in [-0.1, -0.05) is 24.3 Å². The van der Waals surface area contributed by atoms with E-state index in [9.17, 15) is 4.79 Å². The maximum absolute atomic E-state index is 11.9. The number of anilines is 1. The molecule has 0 radical (unpaired) electrons. The molecule has 23 heavy (non-hydrogen) atoms. The molecule has 0 bridgehead atoms. The summed E-state index contributed by atoms with van der Waals surface area (Å²) < 4.78 is 0. The quantitative estimate of drug-likeness (QED) is 0.828. The molecule has 0 unspecified atom stereocenters. The predicted octanol–water partition coefficient (Wildman–Crippen LogP) is 3.09. The molecule has 3 rings (SSSR count). The predicted molar refractivity (Wildman–Crippen MR) is 94.7 cm³/mol. The van der Waals surface area contributed by atoms with Gasteiger partial charge in [-0.2, -0.15) is 0 Å². The Morgan fingerprint density at radius 1 is 1.13 bits per heavy atom. The molecule has 1 saturated heterocycles. The average molecular weight is 327 g/mol. The Bertz CT molecular complexity index is 624. The summed E-state index contributed by atoms with van der Waals surface area (Å²) in [7, 11) is 0. The molecule has 120 valence electrons. The Balaban J connectivity index is 1.43. The highest BCUT2D eigenvalue weighted by atomic mass is 32.2. The number of amides is 1. The van der Waals surface area contributed by atoms with Crippen molar-refractivity contribution < 1.29 is 4.79 Å². The second kappa shape index (κ2) is 8.02. The Morgan fingerprint density at radius 2 is 1.91 bits per heavy atom. The van der Waals surface area contributed by atoms with E-state index in [1.165, 1.54) is 12.8 Å². The highest BCUT2D eigenvalue weighted by Crippen LogP contribution is 2.18. The molecular weight excluding hydrogens is 306 g/mol. The van der Waals surface area contributed by atoms with Crippen LogP contribution in [0.5, 0.6) is 0 Å². The van der Waals surface area contributed by atoms with Crippen LogP contribution in [0.25, 0.3) is 0 Å². The van der Waals surface area contributed by atoms with Crippen molar-refractivity contribution in [2.45, 2.75) is 24.3 Å². The van der Waals surface area contributed by atoms with Crippen molar-refractivity contribution >= 4 is 23.5 Å². The second-order valence-electron chi connectivity index (χ2n) is 5.60. The normalized spacial score (nSPS) is 14.0. The molecule has 1 aromatic carbocycles. The third-order valence-electron chi connectivity index (χ3n) is 3.84. The van der Waals surface area contributed by atoms with Crippen LogP contribution in [-0.2, 0) is 11.3 Å².